The highest BCUT2D eigenvalue weighted by Gasteiger charge is 2.65. The lowest BCUT2D eigenvalue weighted by atomic mass is 9.41. The maximum Gasteiger partial charge on any atom is 0.306 e. The van der Waals surface area contributed by atoms with Crippen LogP contribution >= 0.6 is 0 Å². The Kier molecular flexibility index (Phi) is 4.20. The van der Waals surface area contributed by atoms with Crippen LogP contribution in [0.5, 0.6) is 0 Å². The average molecular weight is 363 g/mol. The van der Waals surface area contributed by atoms with Gasteiger partial charge in [-0.3, -0.25) is 9.59 Å². The van der Waals surface area contributed by atoms with E-state index in [1.807, 2.05) is 0 Å². The molecular weight excluding hydrogens is 328 g/mol. The zero-order valence-electron chi connectivity index (χ0n) is 16.6. The number of rotatable bonds is 3. The van der Waals surface area contributed by atoms with Crippen molar-refractivity contribution in [2.24, 2.45) is 39.9 Å². The van der Waals surface area contributed by atoms with E-state index in [1.165, 1.54) is 39.0 Å². The first-order valence-electron chi connectivity index (χ1n) is 10.6. The van der Waals surface area contributed by atoms with Crippen molar-refractivity contribution in [3.8, 4) is 0 Å². The Morgan fingerprint density at radius 3 is 2.50 bits per heavy atom. The third-order valence-electron chi connectivity index (χ3n) is 9.18. The minimum absolute atomic E-state index is 0.0714. The quantitative estimate of drug-likeness (QED) is 0.742. The Hall–Kier alpha value is -1.06. The van der Waals surface area contributed by atoms with Gasteiger partial charge < -0.3 is 9.84 Å². The van der Waals surface area contributed by atoms with Gasteiger partial charge in [-0.15, -0.1) is 0 Å². The molecule has 4 nitrogen and oxygen atoms in total. The third-order valence-corrected chi connectivity index (χ3v) is 9.18. The number of carboxylic acids is 1. The smallest absolute Gasteiger partial charge is 0.306 e. The molecule has 0 heterocycles. The normalized spacial score (nSPS) is 49.8. The summed E-state index contributed by atoms with van der Waals surface area (Å²) in [5.41, 5.74) is 0.600. The first-order chi connectivity index (χ1) is 12.2. The maximum absolute atomic E-state index is 11.8. The first-order valence-corrected chi connectivity index (χ1v) is 10.6. The summed E-state index contributed by atoms with van der Waals surface area (Å²) in [6.07, 6.45) is 10.3. The molecule has 1 N–H and O–H groups in total. The van der Waals surface area contributed by atoms with Crippen LogP contribution in [0.25, 0.3) is 0 Å². The molecule has 0 aromatic heterocycles. The highest BCUT2D eigenvalue weighted by atomic mass is 16.5. The molecule has 0 aliphatic heterocycles. The Morgan fingerprint density at radius 1 is 1.04 bits per heavy atom. The maximum atomic E-state index is 11.8. The molecule has 0 aromatic rings. The summed E-state index contributed by atoms with van der Waals surface area (Å²) >= 11 is 0. The lowest BCUT2D eigenvalue weighted by molar-refractivity contribution is -0.172. The standard InChI is InChI=1S/C22H34O4/c1-14(23)26-13-20(2)8-4-9-21(3)17(20)7-10-22-11-15(5-6-18(21)22)16(12-22)19(24)25/h15-18H,4-13H2,1-3H3,(H,24,25)/t15-,16-,17+,18-,20-,21+,22-/m0/s1. The van der Waals surface area contributed by atoms with Crippen molar-refractivity contribution in [1.82, 2.24) is 0 Å². The molecule has 4 rings (SSSR count). The van der Waals surface area contributed by atoms with E-state index in [4.69, 9.17) is 4.74 Å². The van der Waals surface area contributed by atoms with Gasteiger partial charge in [-0.05, 0) is 80.0 Å². The van der Waals surface area contributed by atoms with Crippen molar-refractivity contribution in [2.75, 3.05) is 6.61 Å². The second-order valence-electron chi connectivity index (χ2n) is 10.5. The highest BCUT2D eigenvalue weighted by molar-refractivity contribution is 5.71. The molecule has 1 spiro atoms. The fourth-order valence-electron chi connectivity index (χ4n) is 8.31. The summed E-state index contributed by atoms with van der Waals surface area (Å²) in [5.74, 6) is 0.774. The molecule has 2 bridgehead atoms. The van der Waals surface area contributed by atoms with Crippen LogP contribution in [0.4, 0.5) is 0 Å². The number of carboxylic acid groups (broad SMARTS) is 1. The molecule has 4 heteroatoms. The Bertz CT molecular complexity index is 615. The number of hydrogen-bond acceptors (Lipinski definition) is 3. The molecule has 146 valence electrons. The monoisotopic (exact) mass is 362 g/mol. The molecule has 0 amide bonds. The summed E-state index contributed by atoms with van der Waals surface area (Å²) in [6, 6.07) is 0. The van der Waals surface area contributed by atoms with Gasteiger partial charge in [0.15, 0.2) is 0 Å². The minimum Gasteiger partial charge on any atom is -0.481 e. The van der Waals surface area contributed by atoms with E-state index in [0.29, 0.717) is 24.4 Å². The van der Waals surface area contributed by atoms with Crippen LogP contribution in [-0.2, 0) is 14.3 Å². The predicted octanol–water partition coefficient (Wildman–Crippen LogP) is 4.66. The zero-order valence-corrected chi connectivity index (χ0v) is 16.6. The fourth-order valence-corrected chi connectivity index (χ4v) is 8.31. The molecule has 4 aliphatic carbocycles. The topological polar surface area (TPSA) is 63.6 Å². The Balaban J connectivity index is 1.63. The number of carbonyl (C=O) groups excluding carboxylic acids is 1. The molecule has 0 aromatic carbocycles. The number of carbonyl (C=O) groups is 2. The van der Waals surface area contributed by atoms with Crippen molar-refractivity contribution < 1.29 is 19.4 Å². The molecule has 0 saturated heterocycles. The highest BCUT2D eigenvalue weighted by Crippen LogP contribution is 2.72. The van der Waals surface area contributed by atoms with Crippen LogP contribution in [0, 0.1) is 39.9 Å². The zero-order chi connectivity index (χ0) is 18.7. The molecule has 0 unspecified atom stereocenters. The molecule has 7 atom stereocenters. The van der Waals surface area contributed by atoms with E-state index >= 15 is 0 Å². The van der Waals surface area contributed by atoms with E-state index in [9.17, 15) is 14.7 Å². The van der Waals surface area contributed by atoms with Crippen LogP contribution < -0.4 is 0 Å². The SMILES string of the molecule is CC(=O)OC[C@]1(C)CCC[C@]2(C)[C@@H]1CC[C@@]13C[C@H](CC[C@H]12)[C@@H](C(=O)O)C3. The largest absolute Gasteiger partial charge is 0.481 e. The van der Waals surface area contributed by atoms with E-state index in [-0.39, 0.29) is 28.1 Å². The minimum atomic E-state index is -0.567. The van der Waals surface area contributed by atoms with Crippen LogP contribution in [0.2, 0.25) is 0 Å². The van der Waals surface area contributed by atoms with Gasteiger partial charge in [-0.25, -0.2) is 0 Å². The molecule has 26 heavy (non-hydrogen) atoms. The average Bonchev–Trinajstić information content (AvgIpc) is 2.84. The van der Waals surface area contributed by atoms with Gasteiger partial charge in [0.25, 0.3) is 0 Å². The van der Waals surface area contributed by atoms with Crippen molar-refractivity contribution >= 4 is 11.9 Å². The molecule has 4 fully saturated rings. The van der Waals surface area contributed by atoms with Crippen molar-refractivity contribution in [2.45, 2.75) is 78.6 Å². The van der Waals surface area contributed by atoms with Gasteiger partial charge in [0.2, 0.25) is 0 Å². The van der Waals surface area contributed by atoms with Gasteiger partial charge in [0.1, 0.15) is 0 Å². The van der Waals surface area contributed by atoms with E-state index in [0.717, 1.165) is 25.7 Å². The van der Waals surface area contributed by atoms with Gasteiger partial charge in [-0.2, -0.15) is 0 Å². The fraction of sp³-hybridized carbons (Fsp3) is 0.909. The number of ether oxygens (including phenoxy) is 1. The van der Waals surface area contributed by atoms with Crippen molar-refractivity contribution in [1.29, 1.82) is 0 Å². The summed E-state index contributed by atoms with van der Waals surface area (Å²) in [6.45, 7) is 6.87. The van der Waals surface area contributed by atoms with Gasteiger partial charge >= 0.3 is 11.9 Å². The summed E-state index contributed by atoms with van der Waals surface area (Å²) in [7, 11) is 0. The Morgan fingerprint density at radius 2 is 1.81 bits per heavy atom. The lowest BCUT2D eigenvalue weighted by Gasteiger charge is -2.64. The van der Waals surface area contributed by atoms with Crippen molar-refractivity contribution in [3.05, 3.63) is 0 Å². The number of esters is 1. The van der Waals surface area contributed by atoms with Crippen LogP contribution in [-0.4, -0.2) is 23.7 Å². The summed E-state index contributed by atoms with van der Waals surface area (Å²) in [4.78, 5) is 23.2. The van der Waals surface area contributed by atoms with Crippen LogP contribution in [0.15, 0.2) is 0 Å². The lowest BCUT2D eigenvalue weighted by Crippen LogP contribution is -2.57. The van der Waals surface area contributed by atoms with E-state index in [2.05, 4.69) is 13.8 Å². The molecule has 4 aliphatic rings. The van der Waals surface area contributed by atoms with Gasteiger partial charge in [-0.1, -0.05) is 20.3 Å². The second kappa shape index (κ2) is 5.97. The third kappa shape index (κ3) is 2.54. The van der Waals surface area contributed by atoms with Gasteiger partial charge in [0, 0.05) is 12.3 Å². The first kappa shape index (κ1) is 18.3. The van der Waals surface area contributed by atoms with Crippen molar-refractivity contribution in [3.63, 3.8) is 0 Å². The summed E-state index contributed by atoms with van der Waals surface area (Å²) < 4.78 is 5.51. The van der Waals surface area contributed by atoms with E-state index < -0.39 is 5.97 Å². The second-order valence-corrected chi connectivity index (χ2v) is 10.5. The molecule has 4 saturated carbocycles. The molecular formula is C22H34O4. The van der Waals surface area contributed by atoms with Crippen LogP contribution in [0.1, 0.15) is 78.6 Å². The number of aliphatic carboxylic acids is 1. The van der Waals surface area contributed by atoms with Crippen LogP contribution in [0.3, 0.4) is 0 Å². The summed E-state index contributed by atoms with van der Waals surface area (Å²) in [5, 5.41) is 9.70. The predicted molar refractivity (Wildman–Crippen MR) is 98.4 cm³/mol. The Labute approximate surface area is 157 Å². The number of hydrogen-bond donors (Lipinski definition) is 1. The molecule has 0 radical (unpaired) electrons. The number of fused-ring (bicyclic) bond motifs is 3. The van der Waals surface area contributed by atoms with Gasteiger partial charge in [0.05, 0.1) is 12.5 Å². The van der Waals surface area contributed by atoms with E-state index in [1.54, 1.807) is 0 Å².